The van der Waals surface area contributed by atoms with E-state index in [-0.39, 0.29) is 0 Å². The topological polar surface area (TPSA) is 21.3 Å². The molecule has 1 aliphatic rings. The normalized spacial score (nSPS) is 17.4. The highest BCUT2D eigenvalue weighted by atomic mass is 16.5. The molecule has 1 N–H and O–H groups in total. The van der Waals surface area contributed by atoms with Gasteiger partial charge in [-0.25, -0.2) is 0 Å². The van der Waals surface area contributed by atoms with Crippen molar-refractivity contribution in [2.24, 2.45) is 5.92 Å². The van der Waals surface area contributed by atoms with E-state index in [4.69, 9.17) is 4.74 Å². The van der Waals surface area contributed by atoms with Gasteiger partial charge in [0, 0.05) is 25.4 Å². The first-order chi connectivity index (χ1) is 8.25. The number of nitrogens with one attached hydrogen (secondary N) is 1. The summed E-state index contributed by atoms with van der Waals surface area (Å²) in [7, 11) is 0. The number of hydrogen-bond donors (Lipinski definition) is 1. The predicted octanol–water partition coefficient (Wildman–Crippen LogP) is 3.65. The van der Waals surface area contributed by atoms with Gasteiger partial charge >= 0.3 is 0 Å². The zero-order valence-corrected chi connectivity index (χ0v) is 10.9. The van der Waals surface area contributed by atoms with Crippen LogP contribution in [0, 0.1) is 5.92 Å². The molecular formula is C15H23NO. The fraction of sp³-hybridized carbons (Fsp3) is 0.600. The number of benzene rings is 1. The molecule has 0 unspecified atom stereocenters. The third-order valence-corrected chi connectivity index (χ3v) is 3.51. The number of rotatable bonds is 4. The minimum Gasteiger partial charge on any atom is -0.385 e. The molecule has 17 heavy (non-hydrogen) atoms. The summed E-state index contributed by atoms with van der Waals surface area (Å²) in [6.45, 7) is 7.39. The van der Waals surface area contributed by atoms with Crippen molar-refractivity contribution < 1.29 is 4.74 Å². The van der Waals surface area contributed by atoms with Crippen molar-refractivity contribution in [2.45, 2.75) is 32.6 Å². The van der Waals surface area contributed by atoms with E-state index in [0.717, 1.165) is 25.7 Å². The van der Waals surface area contributed by atoms with E-state index in [2.05, 4.69) is 43.4 Å². The molecule has 0 atom stereocenters. The van der Waals surface area contributed by atoms with Crippen molar-refractivity contribution in [2.75, 3.05) is 25.1 Å². The van der Waals surface area contributed by atoms with Crippen LogP contribution in [0.4, 0.5) is 5.69 Å². The Labute approximate surface area is 104 Å². The first-order valence-electron chi connectivity index (χ1n) is 6.67. The second kappa shape index (κ2) is 6.06. The highest BCUT2D eigenvalue weighted by Gasteiger charge is 2.13. The van der Waals surface area contributed by atoms with Gasteiger partial charge in [0.2, 0.25) is 0 Å². The molecule has 0 aliphatic carbocycles. The molecule has 94 valence electrons. The molecule has 0 aromatic heterocycles. The van der Waals surface area contributed by atoms with Gasteiger partial charge in [-0.05, 0) is 42.4 Å². The Balaban J connectivity index is 1.82. The molecular weight excluding hydrogens is 210 g/mol. The quantitative estimate of drug-likeness (QED) is 0.857. The lowest BCUT2D eigenvalue weighted by Gasteiger charge is -2.22. The molecule has 2 nitrogen and oxygen atoms in total. The van der Waals surface area contributed by atoms with Crippen LogP contribution in [0.2, 0.25) is 0 Å². The summed E-state index contributed by atoms with van der Waals surface area (Å²) in [5.41, 5.74) is 2.64. The first-order valence-corrected chi connectivity index (χ1v) is 6.67. The Morgan fingerprint density at radius 2 is 1.82 bits per heavy atom. The van der Waals surface area contributed by atoms with Gasteiger partial charge in [-0.1, -0.05) is 26.0 Å². The molecule has 1 aliphatic heterocycles. The van der Waals surface area contributed by atoms with Crippen LogP contribution in [-0.4, -0.2) is 19.8 Å². The van der Waals surface area contributed by atoms with Crippen LogP contribution in [0.1, 0.15) is 38.2 Å². The highest BCUT2D eigenvalue weighted by Crippen LogP contribution is 2.19. The molecule has 2 rings (SSSR count). The Hall–Kier alpha value is -1.02. The van der Waals surface area contributed by atoms with E-state index in [9.17, 15) is 0 Å². The second-order valence-corrected chi connectivity index (χ2v) is 5.21. The third kappa shape index (κ3) is 3.74. The largest absolute Gasteiger partial charge is 0.385 e. The second-order valence-electron chi connectivity index (χ2n) is 5.21. The van der Waals surface area contributed by atoms with Crippen LogP contribution in [0.5, 0.6) is 0 Å². The van der Waals surface area contributed by atoms with Crippen LogP contribution in [-0.2, 0) is 4.74 Å². The molecule has 1 saturated heterocycles. The molecule has 1 heterocycles. The van der Waals surface area contributed by atoms with Gasteiger partial charge in [-0.2, -0.15) is 0 Å². The van der Waals surface area contributed by atoms with E-state index in [1.54, 1.807) is 0 Å². The summed E-state index contributed by atoms with van der Waals surface area (Å²) < 4.78 is 5.37. The lowest BCUT2D eigenvalue weighted by Crippen LogP contribution is -2.22. The van der Waals surface area contributed by atoms with Gasteiger partial charge in [0.15, 0.2) is 0 Å². The van der Waals surface area contributed by atoms with Gasteiger partial charge in [-0.15, -0.1) is 0 Å². The minimum atomic E-state index is 0.611. The maximum absolute atomic E-state index is 5.37. The number of anilines is 1. The molecule has 0 bridgehead atoms. The Morgan fingerprint density at radius 1 is 1.18 bits per heavy atom. The van der Waals surface area contributed by atoms with E-state index in [1.165, 1.54) is 24.1 Å². The maximum Gasteiger partial charge on any atom is 0.0469 e. The van der Waals surface area contributed by atoms with Crippen molar-refractivity contribution in [1.29, 1.82) is 0 Å². The van der Waals surface area contributed by atoms with Gasteiger partial charge in [0.1, 0.15) is 0 Å². The summed E-state index contributed by atoms with van der Waals surface area (Å²) in [6.07, 6.45) is 2.38. The fourth-order valence-electron chi connectivity index (χ4n) is 2.20. The summed E-state index contributed by atoms with van der Waals surface area (Å²) >= 11 is 0. The minimum absolute atomic E-state index is 0.611. The zero-order chi connectivity index (χ0) is 12.1. The van der Waals surface area contributed by atoms with Crippen molar-refractivity contribution in [3.8, 4) is 0 Å². The van der Waals surface area contributed by atoms with Crippen molar-refractivity contribution in [3.05, 3.63) is 29.8 Å². The van der Waals surface area contributed by atoms with Gasteiger partial charge in [0.05, 0.1) is 0 Å². The molecule has 0 radical (unpaired) electrons. The van der Waals surface area contributed by atoms with E-state index < -0.39 is 0 Å². The predicted molar refractivity (Wildman–Crippen MR) is 72.6 cm³/mol. The molecule has 1 fully saturated rings. The molecule has 1 aromatic carbocycles. The Morgan fingerprint density at radius 3 is 2.41 bits per heavy atom. The van der Waals surface area contributed by atoms with Crippen molar-refractivity contribution >= 4 is 5.69 Å². The summed E-state index contributed by atoms with van der Waals surface area (Å²) in [6, 6.07) is 8.82. The number of ether oxygens (including phenoxy) is 1. The average molecular weight is 233 g/mol. The molecule has 0 spiro atoms. The SMILES string of the molecule is CC(C)c1ccc(NCC2CCOCC2)cc1. The summed E-state index contributed by atoms with van der Waals surface area (Å²) in [5, 5.41) is 3.52. The van der Waals surface area contributed by atoms with E-state index >= 15 is 0 Å². The number of hydrogen-bond acceptors (Lipinski definition) is 2. The van der Waals surface area contributed by atoms with Crippen molar-refractivity contribution in [1.82, 2.24) is 0 Å². The summed E-state index contributed by atoms with van der Waals surface area (Å²) in [4.78, 5) is 0. The summed E-state index contributed by atoms with van der Waals surface area (Å²) in [5.74, 6) is 1.38. The Kier molecular flexibility index (Phi) is 4.43. The standard InChI is InChI=1S/C15H23NO/c1-12(2)14-3-5-15(6-4-14)16-11-13-7-9-17-10-8-13/h3-6,12-13,16H,7-11H2,1-2H3. The monoisotopic (exact) mass is 233 g/mol. The van der Waals surface area contributed by atoms with Crippen LogP contribution < -0.4 is 5.32 Å². The van der Waals surface area contributed by atoms with Crippen molar-refractivity contribution in [3.63, 3.8) is 0 Å². The van der Waals surface area contributed by atoms with Crippen LogP contribution in [0.25, 0.3) is 0 Å². The average Bonchev–Trinajstić information content (AvgIpc) is 2.38. The lowest BCUT2D eigenvalue weighted by molar-refractivity contribution is 0.0699. The third-order valence-electron chi connectivity index (χ3n) is 3.51. The molecule has 2 heteroatoms. The fourth-order valence-corrected chi connectivity index (χ4v) is 2.20. The van der Waals surface area contributed by atoms with Gasteiger partial charge < -0.3 is 10.1 Å². The highest BCUT2D eigenvalue weighted by molar-refractivity contribution is 5.45. The zero-order valence-electron chi connectivity index (χ0n) is 10.9. The van der Waals surface area contributed by atoms with Crippen LogP contribution >= 0.6 is 0 Å². The van der Waals surface area contributed by atoms with E-state index in [0.29, 0.717) is 5.92 Å². The smallest absolute Gasteiger partial charge is 0.0469 e. The Bertz CT molecular complexity index is 325. The first kappa shape index (κ1) is 12.4. The van der Waals surface area contributed by atoms with Gasteiger partial charge in [-0.3, -0.25) is 0 Å². The van der Waals surface area contributed by atoms with Crippen LogP contribution in [0.15, 0.2) is 24.3 Å². The van der Waals surface area contributed by atoms with Crippen LogP contribution in [0.3, 0.4) is 0 Å². The molecule has 1 aromatic rings. The van der Waals surface area contributed by atoms with E-state index in [1.807, 2.05) is 0 Å². The molecule has 0 amide bonds. The lowest BCUT2D eigenvalue weighted by atomic mass is 10.00. The van der Waals surface area contributed by atoms with Gasteiger partial charge in [0.25, 0.3) is 0 Å². The molecule has 0 saturated carbocycles. The maximum atomic E-state index is 5.37.